The lowest BCUT2D eigenvalue weighted by Crippen LogP contribution is -2.13. The Morgan fingerprint density at radius 2 is 0.516 bits per heavy atom. The first-order valence-electron chi connectivity index (χ1n) is 43.8. The van der Waals surface area contributed by atoms with Crippen molar-refractivity contribution in [2.45, 2.75) is 69.2 Å². The van der Waals surface area contributed by atoms with Crippen molar-refractivity contribution in [3.63, 3.8) is 0 Å². The quantitative estimate of drug-likeness (QED) is 0.0794. The van der Waals surface area contributed by atoms with Crippen LogP contribution in [0.4, 0.5) is 73.9 Å². The third-order valence-electron chi connectivity index (χ3n) is 25.7. The van der Waals surface area contributed by atoms with Crippen LogP contribution in [0, 0.1) is 87.1 Å². The SMILES string of the molecule is Cc1cc(C)c(N(c2ccccc2)c2ccc(-c3cc4c5cccc6c5c(cc4c4ccccc34)-c3ccc(N(c4ccccc4)c4c(C)cc(C)cc4C)cc3O6)cc2)c(C)c1.[C-]#[N+]c1cc(C)c(N(c2ccccc2)c2ccc(-c3cc4c5cccc6c5c(cc4c4ccccc34)-c3ccc(N(c4ccccc4)c4c(C)cc(C#N)cc4C)cc3O6)cc2)c(C)c1. The van der Waals surface area contributed by atoms with Gasteiger partial charge in [-0.25, -0.2) is 4.85 Å². The van der Waals surface area contributed by atoms with Crippen molar-refractivity contribution in [3.05, 3.63) is 437 Å². The van der Waals surface area contributed by atoms with Crippen molar-refractivity contribution >= 4 is 139 Å². The number of hydrogen-bond donors (Lipinski definition) is 0. The molecular weight excluding hydrogens is 1560 g/mol. The van der Waals surface area contributed by atoms with Crippen LogP contribution >= 0.6 is 0 Å². The highest BCUT2D eigenvalue weighted by Crippen LogP contribution is 2.56. The van der Waals surface area contributed by atoms with Crippen LogP contribution in [0.5, 0.6) is 23.0 Å². The fourth-order valence-corrected chi connectivity index (χ4v) is 20.6. The van der Waals surface area contributed by atoms with Crippen LogP contribution in [0.3, 0.4) is 0 Å². The zero-order chi connectivity index (χ0) is 87.3. The zero-order valence-electron chi connectivity index (χ0n) is 73.1. The fourth-order valence-electron chi connectivity index (χ4n) is 20.6. The van der Waals surface area contributed by atoms with E-state index < -0.39 is 0 Å². The molecule has 20 aromatic carbocycles. The second-order valence-corrected chi connectivity index (χ2v) is 34.3. The summed E-state index contributed by atoms with van der Waals surface area (Å²) < 4.78 is 13.9. The van der Waals surface area contributed by atoms with E-state index >= 15 is 0 Å². The molecule has 0 atom stereocenters. The second kappa shape index (κ2) is 32.1. The number of nitriles is 1. The van der Waals surface area contributed by atoms with Gasteiger partial charge in [0.2, 0.25) is 0 Å². The van der Waals surface area contributed by atoms with E-state index in [1.54, 1.807) is 0 Å². The Kier molecular flexibility index (Phi) is 19.8. The molecule has 2 heterocycles. The Labute approximate surface area is 747 Å². The summed E-state index contributed by atoms with van der Waals surface area (Å²) in [6.45, 7) is 29.2. The predicted molar refractivity (Wildman–Crippen MR) is 537 cm³/mol. The Bertz CT molecular complexity index is 7920. The molecule has 0 spiro atoms. The van der Waals surface area contributed by atoms with Crippen LogP contribution in [0.1, 0.15) is 61.2 Å². The third-order valence-corrected chi connectivity index (χ3v) is 25.7. The second-order valence-electron chi connectivity index (χ2n) is 34.3. The first kappa shape index (κ1) is 79.0. The molecule has 22 rings (SSSR count). The van der Waals surface area contributed by atoms with Gasteiger partial charge in [0.1, 0.15) is 23.0 Å². The Morgan fingerprint density at radius 3 is 0.859 bits per heavy atom. The van der Waals surface area contributed by atoms with Crippen LogP contribution in [-0.4, -0.2) is 0 Å². The summed E-state index contributed by atoms with van der Waals surface area (Å²) in [6.07, 6.45) is 0. The minimum Gasteiger partial charge on any atom is -0.456 e. The third kappa shape index (κ3) is 13.7. The molecular formula is C120H90N6O2. The fraction of sp³-hybridized carbons (Fsp3) is 0.0833. The number of hydrogen-bond acceptors (Lipinski definition) is 7. The lowest BCUT2D eigenvalue weighted by molar-refractivity contribution is 0.487. The lowest BCUT2D eigenvalue weighted by atomic mass is 9.86. The molecule has 0 aromatic heterocycles. The van der Waals surface area contributed by atoms with Crippen LogP contribution < -0.4 is 29.1 Å². The van der Waals surface area contributed by atoms with Gasteiger partial charge in [-0.05, 0) is 347 Å². The van der Waals surface area contributed by atoms with Gasteiger partial charge >= 0.3 is 0 Å². The van der Waals surface area contributed by atoms with Gasteiger partial charge in [0.05, 0.1) is 35.3 Å². The van der Waals surface area contributed by atoms with E-state index in [0.29, 0.717) is 11.3 Å². The molecule has 0 saturated heterocycles. The van der Waals surface area contributed by atoms with Crippen molar-refractivity contribution in [1.29, 1.82) is 5.26 Å². The molecule has 0 saturated carbocycles. The maximum atomic E-state index is 9.75. The molecule has 20 aromatic rings. The smallest absolute Gasteiger partial charge is 0.187 e. The monoisotopic (exact) mass is 1650 g/mol. The summed E-state index contributed by atoms with van der Waals surface area (Å²) in [5.74, 6) is 3.36. The van der Waals surface area contributed by atoms with Crippen LogP contribution in [-0.2, 0) is 0 Å². The first-order valence-corrected chi connectivity index (χ1v) is 43.8. The molecule has 612 valence electrons. The van der Waals surface area contributed by atoms with Gasteiger partial charge < -0.3 is 29.1 Å². The van der Waals surface area contributed by atoms with E-state index in [1.807, 2.05) is 36.4 Å². The molecule has 0 N–H and O–H groups in total. The largest absolute Gasteiger partial charge is 0.456 e. The number of anilines is 12. The highest BCUT2D eigenvalue weighted by Gasteiger charge is 2.31. The molecule has 0 unspecified atom stereocenters. The zero-order valence-corrected chi connectivity index (χ0v) is 73.1. The Balaban J connectivity index is 0.000000156. The number of para-hydroxylation sites is 4. The van der Waals surface area contributed by atoms with Crippen LogP contribution in [0.15, 0.2) is 364 Å². The number of aryl methyl sites for hydroxylation is 10. The molecule has 0 fully saturated rings. The lowest BCUT2D eigenvalue weighted by Gasteiger charge is -2.30. The average Bonchev–Trinajstić information content (AvgIpc) is 0.715. The molecule has 0 bridgehead atoms. The molecule has 2 aliphatic rings. The summed E-state index contributed by atoms with van der Waals surface area (Å²) in [5.41, 5.74) is 35.2. The summed E-state index contributed by atoms with van der Waals surface area (Å²) in [5, 5.41) is 24.0. The average molecular weight is 1650 g/mol. The van der Waals surface area contributed by atoms with E-state index in [1.165, 1.54) is 110 Å². The number of nitrogens with zero attached hydrogens (tertiary/aromatic N) is 6. The highest BCUT2D eigenvalue weighted by molar-refractivity contribution is 6.27. The predicted octanol–water partition coefficient (Wildman–Crippen LogP) is 34.6. The number of fused-ring (bicyclic) bond motifs is 12. The highest BCUT2D eigenvalue weighted by atomic mass is 16.5. The topological polar surface area (TPSA) is 59.6 Å². The van der Waals surface area contributed by atoms with Gasteiger partial charge in [0.25, 0.3) is 0 Å². The van der Waals surface area contributed by atoms with E-state index in [4.69, 9.17) is 16.0 Å². The van der Waals surface area contributed by atoms with Gasteiger partial charge in [-0.2, -0.15) is 5.26 Å². The minimum absolute atomic E-state index is 0.648. The van der Waals surface area contributed by atoms with Crippen molar-refractivity contribution in [3.8, 4) is 73.6 Å². The van der Waals surface area contributed by atoms with Crippen molar-refractivity contribution < 1.29 is 9.47 Å². The van der Waals surface area contributed by atoms with Crippen molar-refractivity contribution in [1.82, 2.24) is 0 Å². The first-order chi connectivity index (χ1) is 62.5. The van der Waals surface area contributed by atoms with Crippen LogP contribution in [0.2, 0.25) is 0 Å². The molecule has 0 aliphatic carbocycles. The van der Waals surface area contributed by atoms with Gasteiger partial charge in [-0.3, -0.25) is 0 Å². The van der Waals surface area contributed by atoms with Crippen molar-refractivity contribution in [2.24, 2.45) is 0 Å². The minimum atomic E-state index is 0.648. The van der Waals surface area contributed by atoms with E-state index in [0.717, 1.165) is 146 Å². The summed E-state index contributed by atoms with van der Waals surface area (Å²) in [6, 6.07) is 133. The Hall–Kier alpha value is -16.3. The standard InChI is InChI=1S/C60H42N4O.C60H48N2O/c1-37-29-41(36-61)30-38(2)59(37)64(45-17-10-7-11-18-45)47-27-28-50-55-35-53-49-20-13-12-19-48(49)52(34-54(53)51-21-14-22-56(58(51)55)65-57(50)33-47)42-23-25-46(26-24-42)63(44-15-8-6-9-16-44)60-39(3)31-43(62-5)32-40(60)4;1-37-30-39(3)59(40(4)31-37)61(44-16-9-7-10-17-44)46-26-24-43(25-27-46)52-35-54-51-22-15-23-56-58(51)55(36-53(54)49-21-14-13-20-48(49)52)50-29-28-47(34-57(50)63-56)62(45-18-11-8-12-19-45)60-41(5)32-38(2)33-42(60)6/h6-35H,1-4H3;7-36H,1-6H3. The summed E-state index contributed by atoms with van der Waals surface area (Å²) in [7, 11) is 0. The van der Waals surface area contributed by atoms with E-state index in [9.17, 15) is 5.26 Å². The number of benzene rings is 20. The number of rotatable bonds is 14. The maximum absolute atomic E-state index is 9.75. The summed E-state index contributed by atoms with van der Waals surface area (Å²) in [4.78, 5) is 13.1. The van der Waals surface area contributed by atoms with E-state index in [-0.39, 0.29) is 0 Å². The maximum Gasteiger partial charge on any atom is 0.187 e. The molecule has 0 radical (unpaired) electrons. The van der Waals surface area contributed by atoms with Crippen LogP contribution in [0.25, 0.3) is 114 Å². The molecule has 8 nitrogen and oxygen atoms in total. The Morgan fingerprint density at radius 1 is 0.234 bits per heavy atom. The van der Waals surface area contributed by atoms with Crippen molar-refractivity contribution in [2.75, 3.05) is 19.6 Å². The van der Waals surface area contributed by atoms with E-state index in [2.05, 4.69) is 427 Å². The molecule has 128 heavy (non-hydrogen) atoms. The molecule has 8 heteroatoms. The van der Waals surface area contributed by atoms with Gasteiger partial charge in [0, 0.05) is 85.2 Å². The number of ether oxygens (including phenoxy) is 2. The van der Waals surface area contributed by atoms with Gasteiger partial charge in [0.15, 0.2) is 5.69 Å². The van der Waals surface area contributed by atoms with Gasteiger partial charge in [-0.15, -0.1) is 0 Å². The molecule has 0 amide bonds. The molecule has 2 aliphatic heterocycles. The summed E-state index contributed by atoms with van der Waals surface area (Å²) >= 11 is 0. The normalized spacial score (nSPS) is 11.6. The van der Waals surface area contributed by atoms with Gasteiger partial charge in [-0.1, -0.05) is 217 Å².